The lowest BCUT2D eigenvalue weighted by atomic mass is 10.0. The highest BCUT2D eigenvalue weighted by Gasteiger charge is 2.39. The Kier molecular flexibility index (Phi) is 15.1. The molecule has 15 nitrogen and oxygen atoms in total. The molecule has 4 heterocycles. The highest BCUT2D eigenvalue weighted by atomic mass is 35.5. The minimum atomic E-state index is -0.630. The van der Waals surface area contributed by atoms with E-state index in [1.54, 1.807) is 42.3 Å². The number of methoxy groups -OCH3 is 2. The number of fused-ring (bicyclic) bond motifs is 2. The van der Waals surface area contributed by atoms with Crippen molar-refractivity contribution in [2.75, 3.05) is 70.7 Å². The van der Waals surface area contributed by atoms with Crippen molar-refractivity contribution in [2.24, 2.45) is 0 Å². The van der Waals surface area contributed by atoms with Crippen LogP contribution >= 0.6 is 23.2 Å². The number of hydrogen-bond acceptors (Lipinski definition) is 12. The number of hydrogen-bond donors (Lipinski definition) is 3. The SMILES string of the molecule is COc1cc(Nc2c(C#N)cnc3cc(OCCCN4CCN(C(=O)CCCCCCCNc5cccc6c5CN(C5CCC(=O)NC5=O)C6=O)CC4)c(OC)cc23)c(Cl)cc1Cl. The van der Waals surface area contributed by atoms with Crippen molar-refractivity contribution in [1.29, 1.82) is 5.26 Å². The maximum atomic E-state index is 13.1. The summed E-state index contributed by atoms with van der Waals surface area (Å²) in [6.45, 7) is 5.46. The molecule has 3 N–H and O–H groups in total. The molecule has 332 valence electrons. The van der Waals surface area contributed by atoms with Crippen molar-refractivity contribution in [2.45, 2.75) is 70.4 Å². The lowest BCUT2D eigenvalue weighted by molar-refractivity contribution is -0.137. The first-order valence-electron chi connectivity index (χ1n) is 21.4. The van der Waals surface area contributed by atoms with Gasteiger partial charge in [0.15, 0.2) is 11.5 Å². The lowest BCUT2D eigenvalue weighted by Crippen LogP contribution is -2.52. The molecule has 2 saturated heterocycles. The molecule has 3 aliphatic heterocycles. The molecule has 0 saturated carbocycles. The summed E-state index contributed by atoms with van der Waals surface area (Å²) < 4.78 is 17.2. The van der Waals surface area contributed by atoms with Gasteiger partial charge >= 0.3 is 0 Å². The van der Waals surface area contributed by atoms with E-state index < -0.39 is 11.9 Å². The third-order valence-corrected chi connectivity index (χ3v) is 12.4. The second-order valence-electron chi connectivity index (χ2n) is 15.9. The van der Waals surface area contributed by atoms with E-state index in [0.29, 0.717) is 99.8 Å². The first-order valence-corrected chi connectivity index (χ1v) is 22.2. The topological polar surface area (TPSA) is 178 Å². The van der Waals surface area contributed by atoms with E-state index in [4.69, 9.17) is 37.4 Å². The fourth-order valence-electron chi connectivity index (χ4n) is 8.36. The molecular weight excluding hydrogens is 847 g/mol. The third kappa shape index (κ3) is 10.7. The van der Waals surface area contributed by atoms with Crippen LogP contribution in [-0.4, -0.2) is 109 Å². The van der Waals surface area contributed by atoms with Gasteiger partial charge in [0.25, 0.3) is 5.91 Å². The van der Waals surface area contributed by atoms with Crippen LogP contribution < -0.4 is 30.2 Å². The Hall–Kier alpha value is -5.82. The Morgan fingerprint density at radius 2 is 1.70 bits per heavy atom. The number of anilines is 3. The van der Waals surface area contributed by atoms with Crippen LogP contribution in [0, 0.1) is 11.3 Å². The van der Waals surface area contributed by atoms with E-state index in [1.807, 2.05) is 17.0 Å². The molecule has 0 spiro atoms. The third-order valence-electron chi connectivity index (χ3n) is 11.8. The van der Waals surface area contributed by atoms with E-state index in [0.717, 1.165) is 76.0 Å². The predicted molar refractivity (Wildman–Crippen MR) is 241 cm³/mol. The first kappa shape index (κ1) is 45.2. The van der Waals surface area contributed by atoms with E-state index in [-0.39, 0.29) is 24.1 Å². The number of nitrogens with zero attached hydrogens (tertiary/aromatic N) is 5. The maximum absolute atomic E-state index is 13.1. The van der Waals surface area contributed by atoms with E-state index in [2.05, 4.69) is 31.9 Å². The van der Waals surface area contributed by atoms with Crippen LogP contribution in [0.2, 0.25) is 10.0 Å². The van der Waals surface area contributed by atoms with Crippen LogP contribution in [0.25, 0.3) is 10.9 Å². The van der Waals surface area contributed by atoms with Crippen molar-refractivity contribution in [3.05, 3.63) is 75.4 Å². The summed E-state index contributed by atoms with van der Waals surface area (Å²) in [6.07, 6.45) is 8.30. The minimum Gasteiger partial charge on any atom is -0.495 e. The molecule has 3 aliphatic rings. The molecule has 4 amide bonds. The fourth-order valence-corrected chi connectivity index (χ4v) is 8.87. The molecule has 0 bridgehead atoms. The second kappa shape index (κ2) is 21.0. The standard InChI is InChI=1S/C46H52Cl2N8O7/c1-61-39-25-37(33(47)23-34(39)48)52-44-29(26-49)27-51-36-24-41(40(62-2)22-31(36)44)63-21-9-16-54-17-19-55(20-18-54)43(58)12-6-4-3-5-7-15-50-35-11-8-10-30-32(35)28-56(46(30)60)38-13-14-42(57)53-45(38)59/h8,10-11,22-25,27,38,50H,3-7,9,12-21,28H2,1-2H3,(H,51,52)(H,53,57,59). The molecule has 3 aromatic carbocycles. The number of piperidine rings is 1. The number of amides is 4. The van der Waals surface area contributed by atoms with Gasteiger partial charge in [-0.3, -0.25) is 34.4 Å². The summed E-state index contributed by atoms with van der Waals surface area (Å²) in [5.41, 5.74) is 4.34. The summed E-state index contributed by atoms with van der Waals surface area (Å²) in [5, 5.41) is 20.4. The quantitative estimate of drug-likeness (QED) is 0.0633. The average molecular weight is 900 g/mol. The predicted octanol–water partition coefficient (Wildman–Crippen LogP) is 7.30. The number of pyridine rings is 1. The van der Waals surface area contributed by atoms with Gasteiger partial charge in [0.05, 0.1) is 53.3 Å². The molecule has 63 heavy (non-hydrogen) atoms. The molecule has 1 aromatic heterocycles. The van der Waals surface area contributed by atoms with Gasteiger partial charge in [-0.15, -0.1) is 0 Å². The number of piperazine rings is 1. The van der Waals surface area contributed by atoms with E-state index >= 15 is 0 Å². The summed E-state index contributed by atoms with van der Waals surface area (Å²) in [4.78, 5) is 60.5. The Morgan fingerprint density at radius 3 is 2.46 bits per heavy atom. The van der Waals surface area contributed by atoms with Crippen molar-refractivity contribution in [3.8, 4) is 23.3 Å². The number of ether oxygens (including phenoxy) is 3. The van der Waals surface area contributed by atoms with Gasteiger partial charge in [0.2, 0.25) is 17.7 Å². The van der Waals surface area contributed by atoms with Crippen LogP contribution in [0.15, 0.2) is 48.7 Å². The largest absolute Gasteiger partial charge is 0.495 e. The van der Waals surface area contributed by atoms with Gasteiger partial charge in [-0.25, -0.2) is 0 Å². The average Bonchev–Trinajstić information content (AvgIpc) is 3.62. The zero-order chi connectivity index (χ0) is 44.5. The van der Waals surface area contributed by atoms with Crippen molar-refractivity contribution in [1.82, 2.24) is 25.0 Å². The minimum absolute atomic E-state index is 0.174. The number of rotatable bonds is 19. The molecular formula is C46H52Cl2N8O7. The molecule has 0 aliphatic carbocycles. The summed E-state index contributed by atoms with van der Waals surface area (Å²) in [6, 6.07) is 14.0. The number of unbranched alkanes of at least 4 members (excludes halogenated alkanes) is 4. The van der Waals surface area contributed by atoms with Gasteiger partial charge in [0.1, 0.15) is 17.9 Å². The van der Waals surface area contributed by atoms with E-state index in [1.165, 1.54) is 13.3 Å². The van der Waals surface area contributed by atoms with Crippen molar-refractivity contribution in [3.63, 3.8) is 0 Å². The molecule has 4 aromatic rings. The van der Waals surface area contributed by atoms with Crippen LogP contribution in [0.1, 0.15) is 79.3 Å². The molecule has 17 heteroatoms. The Morgan fingerprint density at radius 1 is 0.921 bits per heavy atom. The van der Waals surface area contributed by atoms with Gasteiger partial charge < -0.3 is 34.6 Å². The van der Waals surface area contributed by atoms with Crippen molar-refractivity contribution >= 4 is 74.8 Å². The van der Waals surface area contributed by atoms with Gasteiger partial charge in [-0.1, -0.05) is 48.5 Å². The number of aromatic nitrogens is 1. The van der Waals surface area contributed by atoms with Gasteiger partial charge in [-0.05, 0) is 49.9 Å². The smallest absolute Gasteiger partial charge is 0.255 e. The fraction of sp³-hybridized carbons (Fsp3) is 0.435. The molecule has 1 unspecified atom stereocenters. The number of benzene rings is 3. The Balaban J connectivity index is 0.783. The number of carbonyl (C=O) groups is 4. The molecule has 1 atom stereocenters. The molecule has 7 rings (SSSR count). The highest BCUT2D eigenvalue weighted by molar-refractivity contribution is 6.37. The number of nitriles is 1. The van der Waals surface area contributed by atoms with Crippen LogP contribution in [-0.2, 0) is 20.9 Å². The van der Waals surface area contributed by atoms with Crippen LogP contribution in [0.3, 0.4) is 0 Å². The molecule has 0 radical (unpaired) electrons. The second-order valence-corrected chi connectivity index (χ2v) is 16.7. The van der Waals surface area contributed by atoms with E-state index in [9.17, 15) is 24.4 Å². The van der Waals surface area contributed by atoms with Crippen LogP contribution in [0.5, 0.6) is 17.2 Å². The number of nitrogens with one attached hydrogen (secondary N) is 3. The summed E-state index contributed by atoms with van der Waals surface area (Å²) in [5.74, 6) is 0.813. The summed E-state index contributed by atoms with van der Waals surface area (Å²) in [7, 11) is 3.08. The molecule has 2 fully saturated rings. The Labute approximate surface area is 376 Å². The maximum Gasteiger partial charge on any atom is 0.255 e. The zero-order valence-electron chi connectivity index (χ0n) is 35.6. The summed E-state index contributed by atoms with van der Waals surface area (Å²) >= 11 is 12.7. The van der Waals surface area contributed by atoms with Crippen molar-refractivity contribution < 1.29 is 33.4 Å². The monoisotopic (exact) mass is 898 g/mol. The number of halogens is 2. The van der Waals surface area contributed by atoms with Gasteiger partial charge in [0, 0.05) is 99.2 Å². The first-order chi connectivity index (χ1) is 30.6. The Bertz CT molecular complexity index is 2400. The number of carbonyl (C=O) groups excluding carboxylic acids is 4. The zero-order valence-corrected chi connectivity index (χ0v) is 37.1. The lowest BCUT2D eigenvalue weighted by Gasteiger charge is -2.34. The number of imide groups is 1. The van der Waals surface area contributed by atoms with Crippen LogP contribution in [0.4, 0.5) is 17.1 Å². The highest BCUT2D eigenvalue weighted by Crippen LogP contribution is 2.41. The van der Waals surface area contributed by atoms with Gasteiger partial charge in [-0.2, -0.15) is 5.26 Å². The normalized spacial score (nSPS) is 16.4.